The first-order valence-corrected chi connectivity index (χ1v) is 6.57. The van der Waals surface area contributed by atoms with Crippen LogP contribution in [0.4, 0.5) is 0 Å². The molecule has 2 N–H and O–H groups in total. The summed E-state index contributed by atoms with van der Waals surface area (Å²) in [4.78, 5) is 4.40. The summed E-state index contributed by atoms with van der Waals surface area (Å²) in [6.45, 7) is 8.10. The third-order valence-corrected chi connectivity index (χ3v) is 3.29. The molecular weight excluding hydrogens is 254 g/mol. The van der Waals surface area contributed by atoms with Crippen molar-refractivity contribution in [3.05, 3.63) is 29.7 Å². The van der Waals surface area contributed by atoms with Crippen molar-refractivity contribution in [1.82, 2.24) is 10.1 Å². The summed E-state index contributed by atoms with van der Waals surface area (Å²) < 4.78 is 10.5. The molecule has 1 aromatic heterocycles. The summed E-state index contributed by atoms with van der Waals surface area (Å²) in [5.74, 6) is 1.84. The van der Waals surface area contributed by atoms with E-state index in [1.807, 2.05) is 45.9 Å². The van der Waals surface area contributed by atoms with Crippen LogP contribution in [0.2, 0.25) is 0 Å². The van der Waals surface area contributed by atoms with Gasteiger partial charge in [0.2, 0.25) is 11.7 Å². The molecule has 0 aliphatic carbocycles. The van der Waals surface area contributed by atoms with Gasteiger partial charge in [-0.15, -0.1) is 0 Å². The van der Waals surface area contributed by atoms with Crippen molar-refractivity contribution in [2.75, 3.05) is 7.11 Å². The number of hydrogen-bond donors (Lipinski definition) is 1. The van der Waals surface area contributed by atoms with Crippen LogP contribution in [0.5, 0.6) is 5.75 Å². The van der Waals surface area contributed by atoms with Gasteiger partial charge in [-0.25, -0.2) is 0 Å². The summed E-state index contributed by atoms with van der Waals surface area (Å²) >= 11 is 0. The zero-order valence-electron chi connectivity index (χ0n) is 12.6. The van der Waals surface area contributed by atoms with E-state index in [4.69, 9.17) is 15.0 Å². The molecule has 2 aromatic rings. The second-order valence-corrected chi connectivity index (χ2v) is 5.98. The number of ether oxygens (including phenoxy) is 1. The molecule has 0 saturated heterocycles. The van der Waals surface area contributed by atoms with E-state index in [1.165, 1.54) is 0 Å². The van der Waals surface area contributed by atoms with E-state index >= 15 is 0 Å². The highest BCUT2D eigenvalue weighted by atomic mass is 16.5. The van der Waals surface area contributed by atoms with E-state index in [1.54, 1.807) is 7.11 Å². The van der Waals surface area contributed by atoms with Gasteiger partial charge in [0.15, 0.2) is 0 Å². The van der Waals surface area contributed by atoms with Gasteiger partial charge in [-0.2, -0.15) is 4.98 Å². The van der Waals surface area contributed by atoms with Crippen molar-refractivity contribution in [2.24, 2.45) is 11.1 Å². The maximum absolute atomic E-state index is 6.12. The third kappa shape index (κ3) is 2.82. The van der Waals surface area contributed by atoms with Gasteiger partial charge in [0.05, 0.1) is 13.2 Å². The Bertz CT molecular complexity index is 599. The van der Waals surface area contributed by atoms with Crippen molar-refractivity contribution in [1.29, 1.82) is 0 Å². The largest absolute Gasteiger partial charge is 0.496 e. The zero-order chi connectivity index (χ0) is 14.9. The highest BCUT2D eigenvalue weighted by molar-refractivity contribution is 5.58. The maximum atomic E-state index is 6.12. The van der Waals surface area contributed by atoms with Crippen molar-refractivity contribution >= 4 is 0 Å². The number of nitrogens with zero attached hydrogens (tertiary/aromatic N) is 2. The van der Waals surface area contributed by atoms with Crippen LogP contribution >= 0.6 is 0 Å². The summed E-state index contributed by atoms with van der Waals surface area (Å²) in [6, 6.07) is 5.48. The van der Waals surface area contributed by atoms with Crippen molar-refractivity contribution in [2.45, 2.75) is 33.7 Å². The molecule has 0 radical (unpaired) electrons. The first kappa shape index (κ1) is 14.5. The fourth-order valence-electron chi connectivity index (χ4n) is 1.87. The first-order valence-electron chi connectivity index (χ1n) is 6.57. The molecule has 1 aromatic carbocycles. The molecule has 0 bridgehead atoms. The molecule has 0 saturated carbocycles. The molecule has 1 unspecified atom stereocenters. The molecule has 0 aliphatic rings. The van der Waals surface area contributed by atoms with Crippen LogP contribution in [-0.4, -0.2) is 17.3 Å². The number of nitrogens with two attached hydrogens (primary N) is 1. The average molecular weight is 275 g/mol. The molecule has 0 aliphatic heterocycles. The van der Waals surface area contributed by atoms with Gasteiger partial charge >= 0.3 is 0 Å². The topological polar surface area (TPSA) is 74.2 Å². The summed E-state index contributed by atoms with van der Waals surface area (Å²) in [6.07, 6.45) is 0. The Labute approximate surface area is 119 Å². The van der Waals surface area contributed by atoms with E-state index in [9.17, 15) is 0 Å². The molecule has 0 spiro atoms. The standard InChI is InChI=1S/C15H21N3O2/c1-9-8-10(6-7-11(9)19-5)13-17-14(20-18-13)12(16)15(2,3)4/h6-8,12H,16H2,1-5H3. The van der Waals surface area contributed by atoms with E-state index in [-0.39, 0.29) is 11.5 Å². The lowest BCUT2D eigenvalue weighted by molar-refractivity contribution is 0.253. The van der Waals surface area contributed by atoms with Crippen molar-refractivity contribution in [3.63, 3.8) is 0 Å². The lowest BCUT2D eigenvalue weighted by Crippen LogP contribution is -2.26. The smallest absolute Gasteiger partial charge is 0.244 e. The molecular formula is C15H21N3O2. The Kier molecular flexibility index (Phi) is 3.81. The number of rotatable bonds is 3. The maximum Gasteiger partial charge on any atom is 0.244 e. The normalized spacial score (nSPS) is 13.3. The molecule has 1 heterocycles. The monoisotopic (exact) mass is 275 g/mol. The molecule has 2 rings (SSSR count). The molecule has 108 valence electrons. The molecule has 0 amide bonds. The number of hydrogen-bond acceptors (Lipinski definition) is 5. The van der Waals surface area contributed by atoms with Gasteiger partial charge in [-0.05, 0) is 36.1 Å². The van der Waals surface area contributed by atoms with Gasteiger partial charge in [0.25, 0.3) is 0 Å². The Balaban J connectivity index is 2.31. The van der Waals surface area contributed by atoms with Crippen LogP contribution in [0.25, 0.3) is 11.4 Å². The van der Waals surface area contributed by atoms with Crippen LogP contribution in [0, 0.1) is 12.3 Å². The molecule has 0 fully saturated rings. The lowest BCUT2D eigenvalue weighted by atomic mass is 9.87. The minimum absolute atomic E-state index is 0.125. The second kappa shape index (κ2) is 5.25. The quantitative estimate of drug-likeness (QED) is 0.931. The van der Waals surface area contributed by atoms with Gasteiger partial charge in [-0.3, -0.25) is 0 Å². The SMILES string of the molecule is COc1ccc(-c2noc(C(N)C(C)(C)C)n2)cc1C. The number of benzene rings is 1. The lowest BCUT2D eigenvalue weighted by Gasteiger charge is -2.23. The molecule has 20 heavy (non-hydrogen) atoms. The molecule has 1 atom stereocenters. The van der Waals surface area contributed by atoms with Gasteiger partial charge in [0, 0.05) is 5.56 Å². The van der Waals surface area contributed by atoms with E-state index in [0.717, 1.165) is 16.9 Å². The fraction of sp³-hybridized carbons (Fsp3) is 0.467. The Morgan fingerprint density at radius 2 is 2.00 bits per heavy atom. The first-order chi connectivity index (χ1) is 9.32. The van der Waals surface area contributed by atoms with Crippen LogP contribution in [0.1, 0.15) is 38.3 Å². The van der Waals surface area contributed by atoms with Crippen molar-refractivity contribution < 1.29 is 9.26 Å². The van der Waals surface area contributed by atoms with Gasteiger partial charge in [0.1, 0.15) is 5.75 Å². The Morgan fingerprint density at radius 3 is 2.55 bits per heavy atom. The zero-order valence-corrected chi connectivity index (χ0v) is 12.6. The van der Waals surface area contributed by atoms with E-state index < -0.39 is 0 Å². The Morgan fingerprint density at radius 1 is 1.30 bits per heavy atom. The van der Waals surface area contributed by atoms with E-state index in [2.05, 4.69) is 10.1 Å². The van der Waals surface area contributed by atoms with Gasteiger partial charge < -0.3 is 15.0 Å². The predicted molar refractivity (Wildman–Crippen MR) is 77.4 cm³/mol. The highest BCUT2D eigenvalue weighted by Crippen LogP contribution is 2.31. The van der Waals surface area contributed by atoms with Crippen LogP contribution in [0.15, 0.2) is 22.7 Å². The summed E-state index contributed by atoms with van der Waals surface area (Å²) in [7, 11) is 1.65. The summed E-state index contributed by atoms with van der Waals surface area (Å²) in [5, 5.41) is 4.01. The summed E-state index contributed by atoms with van der Waals surface area (Å²) in [5.41, 5.74) is 7.91. The fourth-order valence-corrected chi connectivity index (χ4v) is 1.87. The highest BCUT2D eigenvalue weighted by Gasteiger charge is 2.27. The van der Waals surface area contributed by atoms with Crippen LogP contribution in [0.3, 0.4) is 0 Å². The third-order valence-electron chi connectivity index (χ3n) is 3.29. The number of aryl methyl sites for hydroxylation is 1. The number of methoxy groups -OCH3 is 1. The van der Waals surface area contributed by atoms with Crippen LogP contribution in [-0.2, 0) is 0 Å². The molecule has 5 nitrogen and oxygen atoms in total. The molecule has 5 heteroatoms. The number of aromatic nitrogens is 2. The minimum Gasteiger partial charge on any atom is -0.496 e. The van der Waals surface area contributed by atoms with Crippen LogP contribution < -0.4 is 10.5 Å². The predicted octanol–water partition coefficient (Wildman–Crippen LogP) is 3.10. The minimum atomic E-state index is -0.289. The van der Waals surface area contributed by atoms with E-state index in [0.29, 0.717) is 11.7 Å². The average Bonchev–Trinajstić information content (AvgIpc) is 2.86. The van der Waals surface area contributed by atoms with Gasteiger partial charge in [-0.1, -0.05) is 25.9 Å². The second-order valence-electron chi connectivity index (χ2n) is 5.98. The Hall–Kier alpha value is -1.88. The van der Waals surface area contributed by atoms with Crippen molar-refractivity contribution in [3.8, 4) is 17.1 Å².